The molecule has 0 bridgehead atoms. The molecule has 5 heteroatoms. The van der Waals surface area contributed by atoms with Crippen molar-refractivity contribution < 1.29 is 9.59 Å². The maximum Gasteiger partial charge on any atom is 0.223 e. The van der Waals surface area contributed by atoms with Crippen LogP contribution in [0, 0.1) is 6.92 Å². The number of amidine groups is 1. The lowest BCUT2D eigenvalue weighted by atomic mass is 10.0. The first kappa shape index (κ1) is 14.5. The lowest BCUT2D eigenvalue weighted by Crippen LogP contribution is -2.36. The van der Waals surface area contributed by atoms with Gasteiger partial charge in [-0.2, -0.15) is 0 Å². The fourth-order valence-corrected chi connectivity index (χ4v) is 2.67. The first-order chi connectivity index (χ1) is 10.6. The molecule has 0 unspecified atom stereocenters. The van der Waals surface area contributed by atoms with E-state index < -0.39 is 5.78 Å². The third kappa shape index (κ3) is 3.08. The SMILES string of the molecule is Cc1ccc(N(CC2=NCCN2)C2=CC(=O)C(=O)CC2)cc1. The molecule has 0 fully saturated rings. The van der Waals surface area contributed by atoms with E-state index >= 15 is 0 Å². The van der Waals surface area contributed by atoms with Gasteiger partial charge in [-0.3, -0.25) is 14.6 Å². The Labute approximate surface area is 129 Å². The molecule has 22 heavy (non-hydrogen) atoms. The van der Waals surface area contributed by atoms with Gasteiger partial charge in [0.1, 0.15) is 5.84 Å². The van der Waals surface area contributed by atoms with E-state index in [0.29, 0.717) is 13.0 Å². The fourth-order valence-electron chi connectivity index (χ4n) is 2.67. The molecule has 1 N–H and O–H groups in total. The Hall–Kier alpha value is -2.43. The zero-order valence-corrected chi connectivity index (χ0v) is 12.6. The van der Waals surface area contributed by atoms with Gasteiger partial charge in [-0.1, -0.05) is 17.7 Å². The van der Waals surface area contributed by atoms with E-state index in [-0.39, 0.29) is 12.2 Å². The molecule has 1 heterocycles. The topological polar surface area (TPSA) is 61.8 Å². The first-order valence-corrected chi connectivity index (χ1v) is 7.52. The fraction of sp³-hybridized carbons (Fsp3) is 0.353. The summed E-state index contributed by atoms with van der Waals surface area (Å²) in [5.74, 6) is 0.217. The lowest BCUT2D eigenvalue weighted by Gasteiger charge is -2.29. The number of benzene rings is 1. The van der Waals surface area contributed by atoms with E-state index in [1.807, 2.05) is 31.2 Å². The van der Waals surface area contributed by atoms with E-state index in [0.717, 1.165) is 30.3 Å². The number of Topliss-reactive ketones (excluding diaryl/α,β-unsaturated/α-hetero) is 1. The number of allylic oxidation sites excluding steroid dienone is 2. The lowest BCUT2D eigenvalue weighted by molar-refractivity contribution is -0.134. The number of carbonyl (C=O) groups excluding carboxylic acids is 2. The van der Waals surface area contributed by atoms with Crippen LogP contribution in [0.4, 0.5) is 5.69 Å². The van der Waals surface area contributed by atoms with Crippen molar-refractivity contribution in [1.29, 1.82) is 0 Å². The highest BCUT2D eigenvalue weighted by Crippen LogP contribution is 2.25. The first-order valence-electron chi connectivity index (χ1n) is 7.52. The molecule has 0 spiro atoms. The number of nitrogens with one attached hydrogen (secondary N) is 1. The summed E-state index contributed by atoms with van der Waals surface area (Å²) in [5, 5.41) is 3.26. The van der Waals surface area contributed by atoms with Crippen molar-refractivity contribution in [2.75, 3.05) is 24.5 Å². The largest absolute Gasteiger partial charge is 0.370 e. The van der Waals surface area contributed by atoms with Crippen molar-refractivity contribution in [3.8, 4) is 0 Å². The van der Waals surface area contributed by atoms with Crippen LogP contribution in [0.15, 0.2) is 41.0 Å². The maximum absolute atomic E-state index is 11.7. The van der Waals surface area contributed by atoms with Crippen LogP contribution in [0.3, 0.4) is 0 Å². The van der Waals surface area contributed by atoms with Gasteiger partial charge in [0, 0.05) is 30.4 Å². The Bertz CT molecular complexity index is 659. The Morgan fingerprint density at radius 1 is 1.18 bits per heavy atom. The van der Waals surface area contributed by atoms with E-state index in [9.17, 15) is 9.59 Å². The second-order valence-electron chi connectivity index (χ2n) is 5.60. The van der Waals surface area contributed by atoms with E-state index in [2.05, 4.69) is 15.2 Å². The molecule has 0 saturated carbocycles. The summed E-state index contributed by atoms with van der Waals surface area (Å²) in [6.45, 7) is 4.27. The van der Waals surface area contributed by atoms with Gasteiger partial charge in [0.25, 0.3) is 0 Å². The van der Waals surface area contributed by atoms with Crippen molar-refractivity contribution in [2.24, 2.45) is 4.99 Å². The molecule has 3 rings (SSSR count). The summed E-state index contributed by atoms with van der Waals surface area (Å²) in [7, 11) is 0. The zero-order chi connectivity index (χ0) is 15.5. The Morgan fingerprint density at radius 2 is 1.95 bits per heavy atom. The number of carbonyl (C=O) groups is 2. The minimum absolute atomic E-state index is 0.285. The highest BCUT2D eigenvalue weighted by molar-refractivity contribution is 6.42. The van der Waals surface area contributed by atoms with Crippen molar-refractivity contribution in [1.82, 2.24) is 5.32 Å². The van der Waals surface area contributed by atoms with Gasteiger partial charge in [-0.05, 0) is 25.5 Å². The van der Waals surface area contributed by atoms with Crippen molar-refractivity contribution in [3.63, 3.8) is 0 Å². The number of hydrogen-bond acceptors (Lipinski definition) is 5. The summed E-state index contributed by atoms with van der Waals surface area (Å²) in [4.78, 5) is 29.7. The van der Waals surface area contributed by atoms with E-state index in [1.54, 1.807) is 0 Å². The van der Waals surface area contributed by atoms with Crippen LogP contribution in [0.1, 0.15) is 18.4 Å². The molecule has 1 aliphatic heterocycles. The van der Waals surface area contributed by atoms with E-state index in [1.165, 1.54) is 11.6 Å². The monoisotopic (exact) mass is 297 g/mol. The number of aliphatic imine (C=N–C) groups is 1. The number of aryl methyl sites for hydroxylation is 1. The summed E-state index contributed by atoms with van der Waals surface area (Å²) in [5.41, 5.74) is 3.07. The van der Waals surface area contributed by atoms with Crippen LogP contribution in [0.5, 0.6) is 0 Å². The van der Waals surface area contributed by atoms with Gasteiger partial charge in [0.2, 0.25) is 11.6 Å². The van der Waals surface area contributed by atoms with Gasteiger partial charge in [-0.15, -0.1) is 0 Å². The second-order valence-corrected chi connectivity index (χ2v) is 5.60. The molecule has 0 atom stereocenters. The van der Waals surface area contributed by atoms with Crippen LogP contribution in [-0.4, -0.2) is 37.0 Å². The summed E-state index contributed by atoms with van der Waals surface area (Å²) in [6.07, 6.45) is 2.35. The van der Waals surface area contributed by atoms with Gasteiger partial charge in [0.15, 0.2) is 0 Å². The maximum atomic E-state index is 11.7. The predicted octanol–water partition coefficient (Wildman–Crippen LogP) is 1.62. The molecule has 1 aliphatic carbocycles. The molecule has 0 aromatic heterocycles. The zero-order valence-electron chi connectivity index (χ0n) is 12.6. The molecular weight excluding hydrogens is 278 g/mol. The normalized spacial score (nSPS) is 17.9. The minimum Gasteiger partial charge on any atom is -0.370 e. The Morgan fingerprint density at radius 3 is 2.59 bits per heavy atom. The van der Waals surface area contributed by atoms with Crippen molar-refractivity contribution in [3.05, 3.63) is 41.6 Å². The molecule has 1 aromatic carbocycles. The summed E-state index contributed by atoms with van der Waals surface area (Å²) < 4.78 is 0. The van der Waals surface area contributed by atoms with Crippen LogP contribution >= 0.6 is 0 Å². The highest BCUT2D eigenvalue weighted by atomic mass is 16.2. The van der Waals surface area contributed by atoms with Gasteiger partial charge < -0.3 is 10.2 Å². The van der Waals surface area contributed by atoms with Crippen LogP contribution in [0.25, 0.3) is 0 Å². The van der Waals surface area contributed by atoms with Gasteiger partial charge in [-0.25, -0.2) is 0 Å². The smallest absolute Gasteiger partial charge is 0.223 e. The number of rotatable bonds is 4. The van der Waals surface area contributed by atoms with Gasteiger partial charge in [0.05, 0.1) is 13.1 Å². The van der Waals surface area contributed by atoms with E-state index in [4.69, 9.17) is 0 Å². The number of hydrogen-bond donors (Lipinski definition) is 1. The van der Waals surface area contributed by atoms with Crippen LogP contribution in [0.2, 0.25) is 0 Å². The average molecular weight is 297 g/mol. The molecule has 5 nitrogen and oxygen atoms in total. The molecule has 1 aromatic rings. The molecule has 114 valence electrons. The summed E-state index contributed by atoms with van der Waals surface area (Å²) >= 11 is 0. The van der Waals surface area contributed by atoms with Crippen molar-refractivity contribution in [2.45, 2.75) is 19.8 Å². The van der Waals surface area contributed by atoms with Crippen LogP contribution in [-0.2, 0) is 9.59 Å². The highest BCUT2D eigenvalue weighted by Gasteiger charge is 2.24. The average Bonchev–Trinajstić information content (AvgIpc) is 3.02. The number of ketones is 2. The number of anilines is 1. The summed E-state index contributed by atoms with van der Waals surface area (Å²) in [6, 6.07) is 8.16. The predicted molar refractivity (Wildman–Crippen MR) is 86.2 cm³/mol. The molecule has 0 amide bonds. The third-order valence-corrected chi connectivity index (χ3v) is 3.92. The third-order valence-electron chi connectivity index (χ3n) is 3.92. The standard InChI is InChI=1S/C17H19N3O2/c1-12-2-4-13(5-3-12)20(11-17-18-8-9-19-17)14-6-7-15(21)16(22)10-14/h2-5,10H,6-9,11H2,1H3,(H,18,19). The Balaban J connectivity index is 1.91. The van der Waals surface area contributed by atoms with Crippen molar-refractivity contribution >= 4 is 23.1 Å². The number of nitrogens with zero attached hydrogens (tertiary/aromatic N) is 2. The second kappa shape index (κ2) is 6.13. The quantitative estimate of drug-likeness (QED) is 0.858. The molecular formula is C17H19N3O2. The minimum atomic E-state index is -0.403. The molecule has 0 radical (unpaired) electrons. The Kier molecular flexibility index (Phi) is 4.04. The van der Waals surface area contributed by atoms with Gasteiger partial charge >= 0.3 is 0 Å². The molecule has 2 aliphatic rings. The molecule has 0 saturated heterocycles. The van der Waals surface area contributed by atoms with Crippen LogP contribution < -0.4 is 10.2 Å².